The number of aromatic nitrogens is 1. The van der Waals surface area contributed by atoms with Crippen LogP contribution in [0.5, 0.6) is 0 Å². The first kappa shape index (κ1) is 12.3. The smallest absolute Gasteiger partial charge is 0.393 e. The van der Waals surface area contributed by atoms with E-state index in [0.717, 1.165) is 6.07 Å². The van der Waals surface area contributed by atoms with Crippen molar-refractivity contribution in [1.29, 1.82) is 0 Å². The maximum Gasteiger partial charge on any atom is 0.417 e. The van der Waals surface area contributed by atoms with Crippen LogP contribution >= 0.6 is 11.6 Å². The number of rotatable bonds is 2. The fourth-order valence-electron chi connectivity index (χ4n) is 1.11. The van der Waals surface area contributed by atoms with Gasteiger partial charge in [0, 0.05) is 12.6 Å². The van der Waals surface area contributed by atoms with E-state index in [-0.39, 0.29) is 17.1 Å². The molecule has 0 saturated carbocycles. The highest BCUT2D eigenvalue weighted by atomic mass is 35.5. The van der Waals surface area contributed by atoms with Gasteiger partial charge in [0.15, 0.2) is 0 Å². The Bertz CT molecular complexity index is 352. The van der Waals surface area contributed by atoms with Crippen LogP contribution in [0.15, 0.2) is 12.3 Å². The first-order valence-electron chi connectivity index (χ1n) is 4.20. The third kappa shape index (κ3) is 3.35. The van der Waals surface area contributed by atoms with Crippen molar-refractivity contribution >= 4 is 11.6 Å². The summed E-state index contributed by atoms with van der Waals surface area (Å²) < 4.78 is 36.9. The summed E-state index contributed by atoms with van der Waals surface area (Å²) in [6.45, 7) is 1.47. The minimum Gasteiger partial charge on any atom is -0.393 e. The zero-order valence-electron chi connectivity index (χ0n) is 7.85. The lowest BCUT2D eigenvalue weighted by Crippen LogP contribution is -2.10. The van der Waals surface area contributed by atoms with Crippen LogP contribution in [0.1, 0.15) is 18.1 Å². The third-order valence-electron chi connectivity index (χ3n) is 1.75. The first-order chi connectivity index (χ1) is 6.80. The van der Waals surface area contributed by atoms with Crippen LogP contribution in [0.4, 0.5) is 13.2 Å². The normalized spacial score (nSPS) is 14.0. The number of aliphatic hydroxyl groups excluding tert-OH is 1. The number of hydrogen-bond acceptors (Lipinski definition) is 2. The summed E-state index contributed by atoms with van der Waals surface area (Å²) in [6.07, 6.45) is -4.47. The van der Waals surface area contributed by atoms with Crippen LogP contribution in [0.3, 0.4) is 0 Å². The number of nitrogens with zero attached hydrogens (tertiary/aromatic N) is 1. The fraction of sp³-hybridized carbons (Fsp3) is 0.444. The highest BCUT2D eigenvalue weighted by molar-refractivity contribution is 6.30. The van der Waals surface area contributed by atoms with Crippen LogP contribution in [0.2, 0.25) is 5.15 Å². The van der Waals surface area contributed by atoms with Gasteiger partial charge in [0.25, 0.3) is 0 Å². The average molecular weight is 240 g/mol. The molecule has 15 heavy (non-hydrogen) atoms. The van der Waals surface area contributed by atoms with Gasteiger partial charge in [-0.1, -0.05) is 11.6 Å². The van der Waals surface area contributed by atoms with E-state index in [2.05, 4.69) is 4.98 Å². The maximum atomic E-state index is 12.3. The highest BCUT2D eigenvalue weighted by Crippen LogP contribution is 2.30. The van der Waals surface area contributed by atoms with E-state index in [1.807, 2.05) is 0 Å². The van der Waals surface area contributed by atoms with Crippen molar-refractivity contribution in [2.24, 2.45) is 0 Å². The van der Waals surface area contributed by atoms with Crippen molar-refractivity contribution in [1.82, 2.24) is 4.98 Å². The van der Waals surface area contributed by atoms with E-state index in [1.165, 1.54) is 6.92 Å². The minimum absolute atomic E-state index is 0.0103. The Balaban J connectivity index is 3.06. The van der Waals surface area contributed by atoms with Crippen molar-refractivity contribution in [3.63, 3.8) is 0 Å². The molecule has 84 valence electrons. The molecule has 1 rings (SSSR count). The summed E-state index contributed by atoms with van der Waals surface area (Å²) in [7, 11) is 0. The molecule has 0 aliphatic rings. The SMILES string of the molecule is CC(O)Cc1cc(C(F)(F)F)cnc1Cl. The number of pyridine rings is 1. The van der Waals surface area contributed by atoms with Crippen molar-refractivity contribution in [3.05, 3.63) is 28.5 Å². The molecule has 0 saturated heterocycles. The summed E-state index contributed by atoms with van der Waals surface area (Å²) in [5.74, 6) is 0. The summed E-state index contributed by atoms with van der Waals surface area (Å²) in [5, 5.41) is 9.05. The Labute approximate surface area is 89.7 Å². The molecular formula is C9H9ClF3NO. The van der Waals surface area contributed by atoms with E-state index in [1.54, 1.807) is 0 Å². The molecule has 2 nitrogen and oxygen atoms in total. The molecule has 0 spiro atoms. The lowest BCUT2D eigenvalue weighted by atomic mass is 10.1. The zero-order valence-corrected chi connectivity index (χ0v) is 8.60. The summed E-state index contributed by atoms with van der Waals surface area (Å²) >= 11 is 5.60. The second-order valence-electron chi connectivity index (χ2n) is 3.22. The Hall–Kier alpha value is -0.810. The summed E-state index contributed by atoms with van der Waals surface area (Å²) in [4.78, 5) is 3.43. The predicted octanol–water partition coefficient (Wildman–Crippen LogP) is 2.68. The van der Waals surface area contributed by atoms with Crippen molar-refractivity contribution < 1.29 is 18.3 Å². The van der Waals surface area contributed by atoms with Gasteiger partial charge in [-0.2, -0.15) is 13.2 Å². The summed E-state index contributed by atoms with van der Waals surface area (Å²) in [6, 6.07) is 0.905. The van der Waals surface area contributed by atoms with Crippen LogP contribution < -0.4 is 0 Å². The molecule has 1 N–H and O–H groups in total. The first-order valence-corrected chi connectivity index (χ1v) is 4.58. The quantitative estimate of drug-likeness (QED) is 0.805. The van der Waals surface area contributed by atoms with E-state index in [4.69, 9.17) is 16.7 Å². The standard InChI is InChI=1S/C9H9ClF3NO/c1-5(15)2-6-3-7(9(11,12)13)4-14-8(6)10/h3-5,15H,2H2,1H3. The second kappa shape index (κ2) is 4.37. The highest BCUT2D eigenvalue weighted by Gasteiger charge is 2.31. The van der Waals surface area contributed by atoms with Crippen molar-refractivity contribution in [3.8, 4) is 0 Å². The fourth-order valence-corrected chi connectivity index (χ4v) is 1.29. The number of halogens is 4. The van der Waals surface area contributed by atoms with Crippen LogP contribution in [-0.2, 0) is 12.6 Å². The van der Waals surface area contributed by atoms with Gasteiger partial charge >= 0.3 is 6.18 Å². The number of hydrogen-bond donors (Lipinski definition) is 1. The molecule has 6 heteroatoms. The van der Waals surface area contributed by atoms with E-state index in [0.29, 0.717) is 6.20 Å². The molecule has 0 amide bonds. The average Bonchev–Trinajstić information content (AvgIpc) is 2.06. The molecule has 0 radical (unpaired) electrons. The van der Waals surface area contributed by atoms with Crippen LogP contribution in [-0.4, -0.2) is 16.2 Å². The molecular weight excluding hydrogens is 231 g/mol. The molecule has 0 aliphatic heterocycles. The Morgan fingerprint density at radius 1 is 1.53 bits per heavy atom. The van der Waals surface area contributed by atoms with Gasteiger partial charge in [0.05, 0.1) is 11.7 Å². The zero-order chi connectivity index (χ0) is 11.6. The predicted molar refractivity (Wildman–Crippen MR) is 49.6 cm³/mol. The second-order valence-corrected chi connectivity index (χ2v) is 3.58. The maximum absolute atomic E-state index is 12.3. The lowest BCUT2D eigenvalue weighted by molar-refractivity contribution is -0.137. The van der Waals surface area contributed by atoms with Gasteiger partial charge in [-0.25, -0.2) is 4.98 Å². The third-order valence-corrected chi connectivity index (χ3v) is 2.09. The van der Waals surface area contributed by atoms with Gasteiger partial charge in [-0.05, 0) is 18.6 Å². The molecule has 1 aromatic rings. The number of aliphatic hydroxyl groups is 1. The van der Waals surface area contributed by atoms with E-state index >= 15 is 0 Å². The Morgan fingerprint density at radius 3 is 2.60 bits per heavy atom. The molecule has 1 unspecified atom stereocenters. The molecule has 0 aliphatic carbocycles. The van der Waals surface area contributed by atoms with Gasteiger partial charge < -0.3 is 5.11 Å². The van der Waals surface area contributed by atoms with Crippen molar-refractivity contribution in [2.45, 2.75) is 25.6 Å². The lowest BCUT2D eigenvalue weighted by Gasteiger charge is -2.10. The monoisotopic (exact) mass is 239 g/mol. The van der Waals surface area contributed by atoms with Gasteiger partial charge in [-0.3, -0.25) is 0 Å². The Morgan fingerprint density at radius 2 is 2.13 bits per heavy atom. The van der Waals surface area contributed by atoms with Crippen LogP contribution in [0, 0.1) is 0 Å². The topological polar surface area (TPSA) is 33.1 Å². The molecule has 1 heterocycles. The largest absolute Gasteiger partial charge is 0.417 e. The Kier molecular flexibility index (Phi) is 3.57. The van der Waals surface area contributed by atoms with Crippen molar-refractivity contribution in [2.75, 3.05) is 0 Å². The number of alkyl halides is 3. The van der Waals surface area contributed by atoms with Crippen LogP contribution in [0.25, 0.3) is 0 Å². The van der Waals surface area contributed by atoms with E-state index in [9.17, 15) is 13.2 Å². The molecule has 1 aromatic heterocycles. The molecule has 1 atom stereocenters. The molecule has 0 fully saturated rings. The van der Waals surface area contributed by atoms with Gasteiger partial charge in [0.2, 0.25) is 0 Å². The minimum atomic E-state index is -4.44. The van der Waals surface area contributed by atoms with Gasteiger partial charge in [0.1, 0.15) is 5.15 Å². The molecule has 0 bridgehead atoms. The van der Waals surface area contributed by atoms with E-state index < -0.39 is 17.8 Å². The van der Waals surface area contributed by atoms with Gasteiger partial charge in [-0.15, -0.1) is 0 Å². The summed E-state index contributed by atoms with van der Waals surface area (Å²) in [5.41, 5.74) is -0.663. The molecule has 0 aromatic carbocycles.